The second-order valence-corrected chi connectivity index (χ2v) is 5.91. The topological polar surface area (TPSA) is 20.2 Å². The highest BCUT2D eigenvalue weighted by atomic mass is 127. The van der Waals surface area contributed by atoms with Gasteiger partial charge in [-0.2, -0.15) is 0 Å². The van der Waals surface area contributed by atoms with Crippen LogP contribution in [-0.4, -0.2) is 5.11 Å². The van der Waals surface area contributed by atoms with E-state index in [0.29, 0.717) is 5.75 Å². The lowest BCUT2D eigenvalue weighted by Crippen LogP contribution is -1.77. The molecule has 0 bridgehead atoms. The summed E-state index contributed by atoms with van der Waals surface area (Å²) in [7, 11) is 0. The highest BCUT2D eigenvalue weighted by Crippen LogP contribution is 2.32. The van der Waals surface area contributed by atoms with E-state index in [1.54, 1.807) is 17.8 Å². The van der Waals surface area contributed by atoms with Gasteiger partial charge in [0.1, 0.15) is 5.75 Å². The molecule has 0 amide bonds. The van der Waals surface area contributed by atoms with Crippen LogP contribution in [0.2, 0.25) is 5.02 Å². The van der Waals surface area contributed by atoms with E-state index >= 15 is 0 Å². The molecule has 1 N–H and O–H groups in total. The van der Waals surface area contributed by atoms with Crippen LogP contribution in [0, 0.1) is 3.57 Å². The van der Waals surface area contributed by atoms with Gasteiger partial charge in [0.25, 0.3) is 0 Å². The molecule has 0 saturated carbocycles. The summed E-state index contributed by atoms with van der Waals surface area (Å²) < 4.78 is 0.859. The fraction of sp³-hybridized carbons (Fsp3) is 0. The van der Waals surface area contributed by atoms with Gasteiger partial charge in [-0.3, -0.25) is 0 Å². The van der Waals surface area contributed by atoms with Crippen molar-refractivity contribution in [2.75, 3.05) is 0 Å². The van der Waals surface area contributed by atoms with Gasteiger partial charge in [0, 0.05) is 14.8 Å². The minimum atomic E-state index is 0.319. The molecule has 2 rings (SSSR count). The SMILES string of the molecule is Oc1cc(Sc2ccc(Cl)cc2)ccc1I. The molecule has 0 atom stereocenters. The van der Waals surface area contributed by atoms with E-state index in [1.165, 1.54) is 0 Å². The van der Waals surface area contributed by atoms with Crippen molar-refractivity contribution in [1.29, 1.82) is 0 Å². The molecule has 0 aromatic heterocycles. The lowest BCUT2D eigenvalue weighted by atomic mass is 10.3. The number of rotatable bonds is 2. The average molecular weight is 363 g/mol. The number of hydrogen-bond donors (Lipinski definition) is 1. The van der Waals surface area contributed by atoms with E-state index in [9.17, 15) is 5.11 Å². The van der Waals surface area contributed by atoms with Crippen molar-refractivity contribution in [1.82, 2.24) is 0 Å². The first-order valence-electron chi connectivity index (χ1n) is 4.57. The predicted octanol–water partition coefficient (Wildman–Crippen LogP) is 4.80. The molecule has 0 aliphatic carbocycles. The van der Waals surface area contributed by atoms with Crippen molar-refractivity contribution in [2.24, 2.45) is 0 Å². The average Bonchev–Trinajstić information content (AvgIpc) is 2.27. The maximum atomic E-state index is 9.58. The third-order valence-corrected chi connectivity index (χ3v) is 4.13. The Hall–Kier alpha value is -0.390. The zero-order valence-corrected chi connectivity index (χ0v) is 11.9. The Labute approximate surface area is 117 Å². The van der Waals surface area contributed by atoms with Gasteiger partial charge in [0.15, 0.2) is 0 Å². The first-order chi connectivity index (χ1) is 7.65. The van der Waals surface area contributed by atoms with Crippen LogP contribution < -0.4 is 0 Å². The van der Waals surface area contributed by atoms with Crippen molar-refractivity contribution >= 4 is 46.0 Å². The third-order valence-electron chi connectivity index (χ3n) is 1.97. The van der Waals surface area contributed by atoms with Gasteiger partial charge in [-0.25, -0.2) is 0 Å². The Bertz CT molecular complexity index is 499. The second kappa shape index (κ2) is 5.29. The Balaban J connectivity index is 2.20. The van der Waals surface area contributed by atoms with Crippen LogP contribution in [-0.2, 0) is 0 Å². The normalized spacial score (nSPS) is 10.4. The molecule has 0 saturated heterocycles. The van der Waals surface area contributed by atoms with Gasteiger partial charge in [-0.1, -0.05) is 23.4 Å². The number of phenols is 1. The molecule has 2 aromatic carbocycles. The lowest BCUT2D eigenvalue weighted by molar-refractivity contribution is 0.470. The maximum absolute atomic E-state index is 9.58. The van der Waals surface area contributed by atoms with Gasteiger partial charge in [-0.05, 0) is 65.1 Å². The minimum absolute atomic E-state index is 0.319. The van der Waals surface area contributed by atoms with Crippen LogP contribution >= 0.6 is 46.0 Å². The standard InChI is InChI=1S/C12H8ClIOS/c13-8-1-3-9(4-2-8)16-10-5-6-11(14)12(15)7-10/h1-7,15H. The van der Waals surface area contributed by atoms with Crippen molar-refractivity contribution < 1.29 is 5.11 Å². The van der Waals surface area contributed by atoms with E-state index in [4.69, 9.17) is 11.6 Å². The molecule has 0 spiro atoms. The second-order valence-electron chi connectivity index (χ2n) is 3.17. The first kappa shape index (κ1) is 12.1. The van der Waals surface area contributed by atoms with Gasteiger partial charge >= 0.3 is 0 Å². The molecule has 0 radical (unpaired) electrons. The Morgan fingerprint density at radius 2 is 1.62 bits per heavy atom. The third kappa shape index (κ3) is 3.06. The Morgan fingerprint density at radius 1 is 1.00 bits per heavy atom. The molecule has 0 heterocycles. The molecule has 1 nitrogen and oxygen atoms in total. The summed E-state index contributed by atoms with van der Waals surface area (Å²) in [5.74, 6) is 0.319. The molecule has 0 fully saturated rings. The van der Waals surface area contributed by atoms with Crippen molar-refractivity contribution in [3.05, 3.63) is 51.1 Å². The molecule has 16 heavy (non-hydrogen) atoms. The molecule has 2 aromatic rings. The monoisotopic (exact) mass is 362 g/mol. The fourth-order valence-corrected chi connectivity index (χ4v) is 2.51. The van der Waals surface area contributed by atoms with E-state index in [2.05, 4.69) is 22.6 Å². The maximum Gasteiger partial charge on any atom is 0.130 e. The van der Waals surface area contributed by atoms with Crippen LogP contribution in [0.5, 0.6) is 5.75 Å². The summed E-state index contributed by atoms with van der Waals surface area (Å²) in [5, 5.41) is 10.3. The molecule has 4 heteroatoms. The van der Waals surface area contributed by atoms with Crippen molar-refractivity contribution in [3.8, 4) is 5.75 Å². The smallest absolute Gasteiger partial charge is 0.130 e. The lowest BCUT2D eigenvalue weighted by Gasteiger charge is -2.03. The zero-order chi connectivity index (χ0) is 11.5. The summed E-state index contributed by atoms with van der Waals surface area (Å²) in [6.45, 7) is 0. The highest BCUT2D eigenvalue weighted by Gasteiger charge is 2.01. The zero-order valence-electron chi connectivity index (χ0n) is 8.15. The van der Waals surface area contributed by atoms with Crippen LogP contribution in [0.1, 0.15) is 0 Å². The van der Waals surface area contributed by atoms with Crippen LogP contribution in [0.15, 0.2) is 52.3 Å². The number of benzene rings is 2. The quantitative estimate of drug-likeness (QED) is 0.774. The molecule has 0 aliphatic heterocycles. The molecule has 82 valence electrons. The predicted molar refractivity (Wildman–Crippen MR) is 76.4 cm³/mol. The molecular formula is C12H8ClIOS. The Morgan fingerprint density at radius 3 is 2.25 bits per heavy atom. The first-order valence-corrected chi connectivity index (χ1v) is 6.84. The highest BCUT2D eigenvalue weighted by molar-refractivity contribution is 14.1. The van der Waals surface area contributed by atoms with E-state index in [-0.39, 0.29) is 0 Å². The number of aromatic hydroxyl groups is 1. The molecule has 0 unspecified atom stereocenters. The van der Waals surface area contributed by atoms with E-state index in [1.807, 2.05) is 36.4 Å². The van der Waals surface area contributed by atoms with Crippen molar-refractivity contribution in [2.45, 2.75) is 9.79 Å². The van der Waals surface area contributed by atoms with Gasteiger partial charge < -0.3 is 5.11 Å². The largest absolute Gasteiger partial charge is 0.507 e. The number of halogens is 2. The van der Waals surface area contributed by atoms with Crippen LogP contribution in [0.25, 0.3) is 0 Å². The van der Waals surface area contributed by atoms with Gasteiger partial charge in [-0.15, -0.1) is 0 Å². The van der Waals surface area contributed by atoms with E-state index in [0.717, 1.165) is 18.4 Å². The Kier molecular flexibility index (Phi) is 4.00. The summed E-state index contributed by atoms with van der Waals surface area (Å²) >= 11 is 9.51. The fourth-order valence-electron chi connectivity index (χ4n) is 1.19. The van der Waals surface area contributed by atoms with Gasteiger partial charge in [0.05, 0.1) is 3.57 Å². The van der Waals surface area contributed by atoms with Gasteiger partial charge in [0.2, 0.25) is 0 Å². The van der Waals surface area contributed by atoms with Crippen LogP contribution in [0.3, 0.4) is 0 Å². The summed E-state index contributed by atoms with van der Waals surface area (Å²) in [5.41, 5.74) is 0. The molecular weight excluding hydrogens is 355 g/mol. The number of hydrogen-bond acceptors (Lipinski definition) is 2. The van der Waals surface area contributed by atoms with Crippen molar-refractivity contribution in [3.63, 3.8) is 0 Å². The van der Waals surface area contributed by atoms with E-state index < -0.39 is 0 Å². The number of phenolic OH excluding ortho intramolecular Hbond substituents is 1. The van der Waals surface area contributed by atoms with Crippen LogP contribution in [0.4, 0.5) is 0 Å². The summed E-state index contributed by atoms with van der Waals surface area (Å²) in [6, 6.07) is 13.3. The molecule has 0 aliphatic rings. The summed E-state index contributed by atoms with van der Waals surface area (Å²) in [6.07, 6.45) is 0. The summed E-state index contributed by atoms with van der Waals surface area (Å²) in [4.78, 5) is 2.12. The minimum Gasteiger partial charge on any atom is -0.507 e.